The lowest BCUT2D eigenvalue weighted by Gasteiger charge is -2.18. The molecule has 3 aromatic carbocycles. The second-order valence-electron chi connectivity index (χ2n) is 8.15. The first-order chi connectivity index (χ1) is 16.5. The lowest BCUT2D eigenvalue weighted by Crippen LogP contribution is -2.21. The van der Waals surface area contributed by atoms with Crippen LogP contribution in [0.5, 0.6) is 17.2 Å². The number of hydrogen-bond donors (Lipinski definition) is 1. The van der Waals surface area contributed by atoms with Crippen LogP contribution in [-0.4, -0.2) is 31.5 Å². The van der Waals surface area contributed by atoms with Crippen LogP contribution in [-0.2, 0) is 4.79 Å². The van der Waals surface area contributed by atoms with E-state index in [1.54, 1.807) is 36.4 Å². The molecule has 1 N–H and O–H groups in total. The summed E-state index contributed by atoms with van der Waals surface area (Å²) in [6, 6.07) is 17.9. The number of rotatable bonds is 6. The van der Waals surface area contributed by atoms with Gasteiger partial charge in [0.1, 0.15) is 24.5 Å². The molecule has 172 valence electrons. The van der Waals surface area contributed by atoms with Gasteiger partial charge in [0.2, 0.25) is 5.78 Å². The summed E-state index contributed by atoms with van der Waals surface area (Å²) < 4.78 is 22.7. The van der Waals surface area contributed by atoms with Crippen LogP contribution in [0.4, 0.5) is 5.69 Å². The van der Waals surface area contributed by atoms with Crippen LogP contribution in [0.3, 0.4) is 0 Å². The molecule has 2 heterocycles. The highest BCUT2D eigenvalue weighted by molar-refractivity contribution is 6.17. The first-order valence-electron chi connectivity index (χ1n) is 10.9. The molecule has 0 saturated heterocycles. The Bertz CT molecular complexity index is 1380. The standard InChI is InChI=1S/C27H23NO6/c1-16-11-17(2)13-19(12-16)33-15-24(29)28-25-20-5-3-4-6-21(20)34-27(25)26(30)18-7-8-22-23(14-18)32-10-9-31-22/h3-8,11-14H,9-10,15H2,1-2H3,(H,28,29). The zero-order valence-electron chi connectivity index (χ0n) is 18.8. The van der Waals surface area contributed by atoms with E-state index in [0.29, 0.717) is 52.7 Å². The topological polar surface area (TPSA) is 87.0 Å². The fraction of sp³-hybridized carbons (Fsp3) is 0.185. The Balaban J connectivity index is 1.42. The molecule has 0 unspecified atom stereocenters. The van der Waals surface area contributed by atoms with Crippen LogP contribution in [0, 0.1) is 13.8 Å². The van der Waals surface area contributed by atoms with Crippen molar-refractivity contribution < 1.29 is 28.2 Å². The third-order valence-electron chi connectivity index (χ3n) is 5.44. The third-order valence-corrected chi connectivity index (χ3v) is 5.44. The first-order valence-corrected chi connectivity index (χ1v) is 10.9. The summed E-state index contributed by atoms with van der Waals surface area (Å²) in [4.78, 5) is 26.2. The van der Waals surface area contributed by atoms with Crippen molar-refractivity contribution in [2.45, 2.75) is 13.8 Å². The molecule has 7 nitrogen and oxygen atoms in total. The van der Waals surface area contributed by atoms with Crippen molar-refractivity contribution >= 4 is 28.3 Å². The molecule has 5 rings (SSSR count). The predicted octanol–water partition coefficient (Wildman–Crippen LogP) is 5.07. The molecule has 0 saturated carbocycles. The van der Waals surface area contributed by atoms with Crippen LogP contribution >= 0.6 is 0 Å². The maximum Gasteiger partial charge on any atom is 0.262 e. The van der Waals surface area contributed by atoms with Crippen molar-refractivity contribution in [2.75, 3.05) is 25.1 Å². The Morgan fingerprint density at radius 3 is 2.44 bits per heavy atom. The number of amides is 1. The summed E-state index contributed by atoms with van der Waals surface area (Å²) in [5, 5.41) is 3.44. The number of anilines is 1. The van der Waals surface area contributed by atoms with E-state index >= 15 is 0 Å². The van der Waals surface area contributed by atoms with Crippen LogP contribution in [0.25, 0.3) is 11.0 Å². The van der Waals surface area contributed by atoms with Gasteiger partial charge in [-0.2, -0.15) is 0 Å². The van der Waals surface area contributed by atoms with E-state index in [0.717, 1.165) is 11.1 Å². The van der Waals surface area contributed by atoms with Gasteiger partial charge in [-0.05, 0) is 67.4 Å². The first kappa shape index (κ1) is 21.6. The molecule has 7 heteroatoms. The van der Waals surface area contributed by atoms with E-state index in [4.69, 9.17) is 18.6 Å². The Hall–Kier alpha value is -4.26. The van der Waals surface area contributed by atoms with Crippen molar-refractivity contribution in [1.29, 1.82) is 0 Å². The van der Waals surface area contributed by atoms with Crippen LogP contribution < -0.4 is 19.5 Å². The molecule has 0 bridgehead atoms. The fourth-order valence-corrected chi connectivity index (χ4v) is 3.99. The van der Waals surface area contributed by atoms with Gasteiger partial charge in [-0.3, -0.25) is 9.59 Å². The number of para-hydroxylation sites is 1. The SMILES string of the molecule is Cc1cc(C)cc(OCC(=O)Nc2c(C(=O)c3ccc4c(c3)OCCO4)oc3ccccc23)c1. The van der Waals surface area contributed by atoms with E-state index < -0.39 is 5.91 Å². The lowest BCUT2D eigenvalue weighted by atomic mass is 10.1. The number of aryl methyl sites for hydroxylation is 2. The smallest absolute Gasteiger partial charge is 0.262 e. The molecule has 1 aromatic heterocycles. The number of carbonyl (C=O) groups excluding carboxylic acids is 2. The molecule has 34 heavy (non-hydrogen) atoms. The molecule has 0 aliphatic carbocycles. The van der Waals surface area contributed by atoms with E-state index in [-0.39, 0.29) is 18.2 Å². The number of furan rings is 1. The van der Waals surface area contributed by atoms with Gasteiger partial charge in [0.15, 0.2) is 23.9 Å². The molecule has 1 aliphatic heterocycles. The number of ether oxygens (including phenoxy) is 3. The minimum absolute atomic E-state index is 0.0395. The summed E-state index contributed by atoms with van der Waals surface area (Å²) in [6.45, 7) is 4.60. The molecule has 0 radical (unpaired) electrons. The van der Waals surface area contributed by atoms with Gasteiger partial charge in [-0.1, -0.05) is 18.2 Å². The zero-order chi connectivity index (χ0) is 23.7. The van der Waals surface area contributed by atoms with E-state index in [9.17, 15) is 9.59 Å². The molecule has 0 spiro atoms. The van der Waals surface area contributed by atoms with Crippen molar-refractivity contribution in [3.8, 4) is 17.2 Å². The number of benzene rings is 3. The number of nitrogens with one attached hydrogen (secondary N) is 1. The van der Waals surface area contributed by atoms with E-state index in [2.05, 4.69) is 5.32 Å². The minimum Gasteiger partial charge on any atom is -0.486 e. The van der Waals surface area contributed by atoms with Gasteiger partial charge < -0.3 is 23.9 Å². The summed E-state index contributed by atoms with van der Waals surface area (Å²) in [5.41, 5.74) is 3.26. The molecule has 0 fully saturated rings. The number of hydrogen-bond acceptors (Lipinski definition) is 6. The number of carbonyl (C=O) groups is 2. The monoisotopic (exact) mass is 457 g/mol. The Kier molecular flexibility index (Phi) is 5.67. The maximum absolute atomic E-state index is 13.4. The van der Waals surface area contributed by atoms with Crippen molar-refractivity contribution in [2.24, 2.45) is 0 Å². The van der Waals surface area contributed by atoms with E-state index in [1.807, 2.05) is 38.1 Å². The Labute approximate surface area is 196 Å². The fourth-order valence-electron chi connectivity index (χ4n) is 3.99. The van der Waals surface area contributed by atoms with Crippen LogP contribution in [0.2, 0.25) is 0 Å². The van der Waals surface area contributed by atoms with Gasteiger partial charge in [-0.25, -0.2) is 0 Å². The van der Waals surface area contributed by atoms with Crippen molar-refractivity contribution in [3.05, 3.63) is 83.1 Å². The Morgan fingerprint density at radius 1 is 0.912 bits per heavy atom. The second-order valence-corrected chi connectivity index (χ2v) is 8.15. The van der Waals surface area contributed by atoms with Crippen molar-refractivity contribution in [1.82, 2.24) is 0 Å². The van der Waals surface area contributed by atoms with Crippen molar-refractivity contribution in [3.63, 3.8) is 0 Å². The number of fused-ring (bicyclic) bond motifs is 2. The normalized spacial score (nSPS) is 12.4. The van der Waals surface area contributed by atoms with E-state index in [1.165, 1.54) is 0 Å². The predicted molar refractivity (Wildman–Crippen MR) is 127 cm³/mol. The minimum atomic E-state index is -0.401. The van der Waals surface area contributed by atoms with Gasteiger partial charge in [-0.15, -0.1) is 0 Å². The highest BCUT2D eigenvalue weighted by Gasteiger charge is 2.25. The van der Waals surface area contributed by atoms with Gasteiger partial charge in [0.05, 0.1) is 5.69 Å². The highest BCUT2D eigenvalue weighted by atomic mass is 16.6. The summed E-state index contributed by atoms with van der Waals surface area (Å²) in [5.74, 6) is 0.959. The second kappa shape index (κ2) is 8.94. The summed E-state index contributed by atoms with van der Waals surface area (Å²) in [7, 11) is 0. The summed E-state index contributed by atoms with van der Waals surface area (Å²) in [6.07, 6.45) is 0. The van der Waals surface area contributed by atoms with Gasteiger partial charge >= 0.3 is 0 Å². The van der Waals surface area contributed by atoms with Crippen LogP contribution in [0.1, 0.15) is 27.2 Å². The third kappa shape index (κ3) is 4.32. The van der Waals surface area contributed by atoms with Gasteiger partial charge in [0, 0.05) is 10.9 Å². The highest BCUT2D eigenvalue weighted by Crippen LogP contribution is 2.35. The molecular formula is C27H23NO6. The Morgan fingerprint density at radius 2 is 1.65 bits per heavy atom. The van der Waals surface area contributed by atoms with Gasteiger partial charge in [0.25, 0.3) is 5.91 Å². The molecule has 1 amide bonds. The lowest BCUT2D eigenvalue weighted by molar-refractivity contribution is -0.118. The average Bonchev–Trinajstić information content (AvgIpc) is 3.19. The maximum atomic E-state index is 13.4. The number of ketones is 1. The quantitative estimate of drug-likeness (QED) is 0.407. The zero-order valence-corrected chi connectivity index (χ0v) is 18.8. The largest absolute Gasteiger partial charge is 0.486 e. The van der Waals surface area contributed by atoms with Crippen LogP contribution in [0.15, 0.2) is 65.1 Å². The average molecular weight is 457 g/mol. The molecule has 0 atom stereocenters. The molecule has 1 aliphatic rings. The molecular weight excluding hydrogens is 434 g/mol. The summed E-state index contributed by atoms with van der Waals surface area (Å²) >= 11 is 0. The molecule has 4 aromatic rings.